The zero-order valence-corrected chi connectivity index (χ0v) is 12.1. The lowest BCUT2D eigenvalue weighted by Gasteiger charge is -2.34. The molecule has 1 amide bonds. The van der Waals surface area contributed by atoms with Crippen molar-refractivity contribution < 1.29 is 4.79 Å². The second kappa shape index (κ2) is 5.31. The number of rotatable bonds is 2. The monoisotopic (exact) mass is 298 g/mol. The summed E-state index contributed by atoms with van der Waals surface area (Å²) in [4.78, 5) is 16.7. The van der Waals surface area contributed by atoms with Crippen molar-refractivity contribution in [2.24, 2.45) is 0 Å². The number of halogens is 2. The third-order valence-electron chi connectivity index (χ3n) is 3.83. The van der Waals surface area contributed by atoms with Gasteiger partial charge < -0.3 is 4.90 Å². The van der Waals surface area contributed by atoms with Gasteiger partial charge in [-0.3, -0.25) is 9.69 Å². The Morgan fingerprint density at radius 2 is 1.74 bits per heavy atom. The highest BCUT2D eigenvalue weighted by Crippen LogP contribution is 2.28. The van der Waals surface area contributed by atoms with Crippen molar-refractivity contribution in [2.45, 2.75) is 18.9 Å². The van der Waals surface area contributed by atoms with Gasteiger partial charge in [0.25, 0.3) is 5.91 Å². The Hall–Kier alpha value is -0.770. The van der Waals surface area contributed by atoms with E-state index >= 15 is 0 Å². The lowest BCUT2D eigenvalue weighted by Crippen LogP contribution is -2.49. The summed E-state index contributed by atoms with van der Waals surface area (Å²) in [6.07, 6.45) is 2.64. The number of amides is 1. The number of benzene rings is 1. The summed E-state index contributed by atoms with van der Waals surface area (Å²) >= 11 is 11.8. The number of nitrogens with zero attached hydrogens (tertiary/aromatic N) is 2. The van der Waals surface area contributed by atoms with Gasteiger partial charge in [-0.2, -0.15) is 0 Å². The Kier molecular flexibility index (Phi) is 3.70. The van der Waals surface area contributed by atoms with Crippen LogP contribution in [0.1, 0.15) is 23.2 Å². The molecule has 102 valence electrons. The Morgan fingerprint density at radius 1 is 1.05 bits per heavy atom. The molecular weight excluding hydrogens is 283 g/mol. The van der Waals surface area contributed by atoms with E-state index in [1.54, 1.807) is 18.2 Å². The molecule has 0 radical (unpaired) electrons. The molecule has 0 aromatic heterocycles. The third-order valence-corrected chi connectivity index (χ3v) is 4.57. The highest BCUT2D eigenvalue weighted by atomic mass is 35.5. The van der Waals surface area contributed by atoms with Gasteiger partial charge in [0.1, 0.15) is 0 Å². The normalized spacial score (nSPS) is 20.6. The molecule has 1 saturated heterocycles. The van der Waals surface area contributed by atoms with Crippen LogP contribution in [-0.2, 0) is 0 Å². The van der Waals surface area contributed by atoms with Gasteiger partial charge in [0.2, 0.25) is 0 Å². The minimum atomic E-state index is 0.0500. The zero-order chi connectivity index (χ0) is 13.4. The van der Waals surface area contributed by atoms with Gasteiger partial charge >= 0.3 is 0 Å². The molecule has 1 heterocycles. The fourth-order valence-corrected chi connectivity index (χ4v) is 2.84. The highest BCUT2D eigenvalue weighted by Gasteiger charge is 2.32. The average Bonchev–Trinajstić information content (AvgIpc) is 3.26. The van der Waals surface area contributed by atoms with Gasteiger partial charge in [-0.05, 0) is 31.0 Å². The van der Waals surface area contributed by atoms with E-state index in [9.17, 15) is 4.79 Å². The summed E-state index contributed by atoms with van der Waals surface area (Å²) in [5.74, 6) is 0.0500. The molecule has 1 aliphatic heterocycles. The number of carbonyl (C=O) groups excluding carboxylic acids is 1. The van der Waals surface area contributed by atoms with Crippen LogP contribution >= 0.6 is 23.2 Å². The van der Waals surface area contributed by atoms with Crippen molar-refractivity contribution in [2.75, 3.05) is 26.2 Å². The minimum Gasteiger partial charge on any atom is -0.336 e. The first kappa shape index (κ1) is 13.2. The molecule has 0 N–H and O–H groups in total. The smallest absolute Gasteiger partial charge is 0.253 e. The molecule has 0 atom stereocenters. The fourth-order valence-electron chi connectivity index (χ4n) is 2.54. The summed E-state index contributed by atoms with van der Waals surface area (Å²) in [6.45, 7) is 3.57. The van der Waals surface area contributed by atoms with E-state index in [1.807, 2.05) is 4.90 Å². The predicted octanol–water partition coefficient (Wildman–Crippen LogP) is 2.91. The quantitative estimate of drug-likeness (QED) is 0.838. The first-order valence-corrected chi connectivity index (χ1v) is 7.39. The molecule has 0 bridgehead atoms. The van der Waals surface area contributed by atoms with Crippen molar-refractivity contribution in [1.82, 2.24) is 9.80 Å². The van der Waals surface area contributed by atoms with Crippen LogP contribution in [0.4, 0.5) is 0 Å². The van der Waals surface area contributed by atoms with Crippen LogP contribution in [0.2, 0.25) is 10.0 Å². The van der Waals surface area contributed by atoms with Gasteiger partial charge in [-0.25, -0.2) is 0 Å². The molecule has 5 heteroatoms. The maximum absolute atomic E-state index is 12.4. The van der Waals surface area contributed by atoms with Crippen LogP contribution in [0, 0.1) is 0 Å². The van der Waals surface area contributed by atoms with Gasteiger partial charge in [0.05, 0.1) is 10.0 Å². The Balaban J connectivity index is 1.65. The zero-order valence-electron chi connectivity index (χ0n) is 10.6. The molecule has 19 heavy (non-hydrogen) atoms. The van der Waals surface area contributed by atoms with Crippen LogP contribution in [0.5, 0.6) is 0 Å². The van der Waals surface area contributed by atoms with Crippen LogP contribution < -0.4 is 0 Å². The summed E-state index contributed by atoms with van der Waals surface area (Å²) in [6, 6.07) is 5.85. The first-order valence-electron chi connectivity index (χ1n) is 6.63. The Morgan fingerprint density at radius 3 is 2.32 bits per heavy atom. The van der Waals surface area contributed by atoms with Crippen LogP contribution in [0.3, 0.4) is 0 Å². The SMILES string of the molecule is O=C(c1ccc(Cl)c(Cl)c1)N1CCN(C2CC2)CC1. The molecule has 1 aromatic rings. The highest BCUT2D eigenvalue weighted by molar-refractivity contribution is 6.42. The van der Waals surface area contributed by atoms with E-state index in [0.29, 0.717) is 15.6 Å². The third kappa shape index (κ3) is 2.88. The van der Waals surface area contributed by atoms with Gasteiger partial charge in [-0.1, -0.05) is 23.2 Å². The fraction of sp³-hybridized carbons (Fsp3) is 0.500. The molecule has 1 aromatic carbocycles. The molecule has 0 spiro atoms. The molecular formula is C14H16Cl2N2O. The largest absolute Gasteiger partial charge is 0.336 e. The molecule has 1 saturated carbocycles. The van der Waals surface area contributed by atoms with E-state index in [0.717, 1.165) is 32.2 Å². The topological polar surface area (TPSA) is 23.6 Å². The number of hydrogen-bond acceptors (Lipinski definition) is 2. The molecule has 2 fully saturated rings. The van der Waals surface area contributed by atoms with E-state index in [1.165, 1.54) is 12.8 Å². The number of hydrogen-bond donors (Lipinski definition) is 0. The number of piperazine rings is 1. The van der Waals surface area contributed by atoms with Gasteiger partial charge in [0.15, 0.2) is 0 Å². The first-order chi connectivity index (χ1) is 9.15. The lowest BCUT2D eigenvalue weighted by molar-refractivity contribution is 0.0627. The maximum atomic E-state index is 12.4. The lowest BCUT2D eigenvalue weighted by atomic mass is 10.2. The molecule has 0 unspecified atom stereocenters. The summed E-state index contributed by atoms with van der Waals surface area (Å²) in [7, 11) is 0. The van der Waals surface area contributed by atoms with E-state index in [-0.39, 0.29) is 5.91 Å². The number of carbonyl (C=O) groups is 1. The second-order valence-corrected chi connectivity index (χ2v) is 6.00. The van der Waals surface area contributed by atoms with Crippen molar-refractivity contribution in [1.29, 1.82) is 0 Å². The van der Waals surface area contributed by atoms with Crippen molar-refractivity contribution in [3.63, 3.8) is 0 Å². The van der Waals surface area contributed by atoms with Crippen molar-refractivity contribution in [3.05, 3.63) is 33.8 Å². The van der Waals surface area contributed by atoms with Crippen molar-refractivity contribution >= 4 is 29.1 Å². The average molecular weight is 299 g/mol. The molecule has 1 aliphatic carbocycles. The van der Waals surface area contributed by atoms with E-state index in [4.69, 9.17) is 23.2 Å². The summed E-state index contributed by atoms with van der Waals surface area (Å²) < 4.78 is 0. The minimum absolute atomic E-state index is 0.0500. The second-order valence-electron chi connectivity index (χ2n) is 5.19. The van der Waals surface area contributed by atoms with Crippen LogP contribution in [0.25, 0.3) is 0 Å². The van der Waals surface area contributed by atoms with Crippen LogP contribution in [0.15, 0.2) is 18.2 Å². The maximum Gasteiger partial charge on any atom is 0.253 e. The summed E-state index contributed by atoms with van der Waals surface area (Å²) in [5.41, 5.74) is 0.620. The Bertz CT molecular complexity index is 494. The Labute approximate surface area is 123 Å². The van der Waals surface area contributed by atoms with Gasteiger partial charge in [-0.15, -0.1) is 0 Å². The molecule has 3 rings (SSSR count). The standard InChI is InChI=1S/C14H16Cl2N2O/c15-12-4-1-10(9-13(12)16)14(19)18-7-5-17(6-8-18)11-2-3-11/h1,4,9,11H,2-3,5-8H2. The molecule has 2 aliphatic rings. The van der Waals surface area contributed by atoms with Gasteiger partial charge in [0, 0.05) is 37.8 Å². The summed E-state index contributed by atoms with van der Waals surface area (Å²) in [5, 5.41) is 0.918. The predicted molar refractivity (Wildman–Crippen MR) is 77.0 cm³/mol. The van der Waals surface area contributed by atoms with Crippen LogP contribution in [-0.4, -0.2) is 47.9 Å². The van der Waals surface area contributed by atoms with E-state index in [2.05, 4.69) is 4.90 Å². The van der Waals surface area contributed by atoms with E-state index < -0.39 is 0 Å². The van der Waals surface area contributed by atoms with Crippen molar-refractivity contribution in [3.8, 4) is 0 Å². The molecule has 3 nitrogen and oxygen atoms in total.